The summed E-state index contributed by atoms with van der Waals surface area (Å²) in [6, 6.07) is 23.8. The third kappa shape index (κ3) is 3.76. The number of benzene rings is 2. The average Bonchev–Trinajstić information content (AvgIpc) is 3.30. The fraction of sp³-hybridized carbons (Fsp3) is 0.185. The van der Waals surface area contributed by atoms with E-state index in [-0.39, 0.29) is 17.8 Å². The van der Waals surface area contributed by atoms with E-state index >= 15 is 0 Å². The van der Waals surface area contributed by atoms with Gasteiger partial charge < -0.3 is 19.9 Å². The molecule has 0 amide bonds. The first-order valence-electron chi connectivity index (χ1n) is 11.0. The number of anilines is 1. The molecular formula is C27H26N4OS. The van der Waals surface area contributed by atoms with Crippen LogP contribution in [0.4, 0.5) is 5.69 Å². The number of pyridine rings is 1. The van der Waals surface area contributed by atoms with Gasteiger partial charge in [0, 0.05) is 29.0 Å². The molecule has 0 aliphatic carbocycles. The van der Waals surface area contributed by atoms with Crippen LogP contribution in [0, 0.1) is 20.8 Å². The number of phenolic OH excluding ortho intramolecular Hbond substituents is 1. The molecule has 2 unspecified atom stereocenters. The van der Waals surface area contributed by atoms with E-state index in [1.807, 2.05) is 36.5 Å². The predicted octanol–water partition coefficient (Wildman–Crippen LogP) is 5.68. The zero-order valence-electron chi connectivity index (χ0n) is 18.9. The molecule has 1 saturated heterocycles. The van der Waals surface area contributed by atoms with Crippen molar-refractivity contribution >= 4 is 23.0 Å². The van der Waals surface area contributed by atoms with Crippen LogP contribution in [0.5, 0.6) is 5.75 Å². The van der Waals surface area contributed by atoms with Crippen molar-refractivity contribution in [2.24, 2.45) is 0 Å². The van der Waals surface area contributed by atoms with Crippen molar-refractivity contribution in [3.05, 3.63) is 107 Å². The Bertz CT molecular complexity index is 1310. The number of aryl methyl sites for hydroxylation is 2. The second-order valence-corrected chi connectivity index (χ2v) is 8.90. The van der Waals surface area contributed by atoms with Gasteiger partial charge in [-0.15, -0.1) is 0 Å². The summed E-state index contributed by atoms with van der Waals surface area (Å²) < 4.78 is 2.22. The lowest BCUT2D eigenvalue weighted by Gasteiger charge is -2.28. The average molecular weight is 455 g/mol. The summed E-state index contributed by atoms with van der Waals surface area (Å²) in [5, 5.41) is 14.0. The molecule has 5 nitrogen and oxygen atoms in total. The standard InChI is InChI=1S/C27H26N4OS/c1-17-7-6-8-21(15-17)31-26(25(29-27(31)33)24-9-4-5-14-28-24)23-16-18(2)30(19(23)3)20-10-12-22(32)13-11-20/h4-16,25-26,32H,1-3H3,(H,29,33). The van der Waals surface area contributed by atoms with E-state index in [1.165, 1.54) is 11.1 Å². The molecule has 0 spiro atoms. The molecule has 2 aromatic heterocycles. The molecule has 33 heavy (non-hydrogen) atoms. The second kappa shape index (κ2) is 8.37. The van der Waals surface area contributed by atoms with E-state index < -0.39 is 0 Å². The van der Waals surface area contributed by atoms with Crippen LogP contribution in [0.2, 0.25) is 0 Å². The number of nitrogens with one attached hydrogen (secondary N) is 1. The van der Waals surface area contributed by atoms with Crippen LogP contribution >= 0.6 is 12.2 Å². The number of nitrogens with zero attached hydrogens (tertiary/aromatic N) is 3. The summed E-state index contributed by atoms with van der Waals surface area (Å²) in [6.45, 7) is 6.34. The van der Waals surface area contributed by atoms with Crippen molar-refractivity contribution in [1.29, 1.82) is 0 Å². The van der Waals surface area contributed by atoms with Gasteiger partial charge >= 0.3 is 0 Å². The van der Waals surface area contributed by atoms with Crippen LogP contribution in [0.1, 0.15) is 40.3 Å². The number of aromatic hydroxyl groups is 1. The largest absolute Gasteiger partial charge is 0.508 e. The fourth-order valence-corrected chi connectivity index (χ4v) is 5.16. The van der Waals surface area contributed by atoms with Gasteiger partial charge in [0.2, 0.25) is 0 Å². The summed E-state index contributed by atoms with van der Waals surface area (Å²) in [5.74, 6) is 0.257. The van der Waals surface area contributed by atoms with Crippen molar-refractivity contribution < 1.29 is 5.11 Å². The van der Waals surface area contributed by atoms with Crippen LogP contribution in [-0.2, 0) is 0 Å². The Morgan fingerprint density at radius 3 is 2.39 bits per heavy atom. The van der Waals surface area contributed by atoms with E-state index in [4.69, 9.17) is 12.2 Å². The first-order valence-corrected chi connectivity index (χ1v) is 11.4. The summed E-state index contributed by atoms with van der Waals surface area (Å²) in [5.41, 5.74) is 7.65. The van der Waals surface area contributed by atoms with Crippen LogP contribution in [-0.4, -0.2) is 19.8 Å². The maximum absolute atomic E-state index is 9.75. The fourth-order valence-electron chi connectivity index (χ4n) is 4.81. The molecule has 5 rings (SSSR count). The van der Waals surface area contributed by atoms with Gasteiger partial charge in [-0.1, -0.05) is 18.2 Å². The Labute approximate surface area is 199 Å². The minimum Gasteiger partial charge on any atom is -0.508 e. The minimum absolute atomic E-state index is 0.0636. The van der Waals surface area contributed by atoms with Gasteiger partial charge in [0.05, 0.1) is 17.8 Å². The third-order valence-corrected chi connectivity index (χ3v) is 6.59. The van der Waals surface area contributed by atoms with E-state index in [0.29, 0.717) is 5.11 Å². The quantitative estimate of drug-likeness (QED) is 0.389. The van der Waals surface area contributed by atoms with Gasteiger partial charge in [-0.05, 0) is 98.7 Å². The summed E-state index contributed by atoms with van der Waals surface area (Å²) in [6.07, 6.45) is 1.83. The molecular weight excluding hydrogens is 428 g/mol. The molecule has 2 atom stereocenters. The smallest absolute Gasteiger partial charge is 0.174 e. The van der Waals surface area contributed by atoms with Gasteiger partial charge in [-0.3, -0.25) is 4.98 Å². The summed E-state index contributed by atoms with van der Waals surface area (Å²) in [7, 11) is 0. The highest BCUT2D eigenvalue weighted by Crippen LogP contribution is 2.43. The highest BCUT2D eigenvalue weighted by Gasteiger charge is 2.42. The second-order valence-electron chi connectivity index (χ2n) is 8.51. The maximum atomic E-state index is 9.75. The van der Waals surface area contributed by atoms with Gasteiger partial charge in [0.1, 0.15) is 5.75 Å². The van der Waals surface area contributed by atoms with Crippen LogP contribution in [0.25, 0.3) is 5.69 Å². The maximum Gasteiger partial charge on any atom is 0.174 e. The Morgan fingerprint density at radius 1 is 0.909 bits per heavy atom. The third-order valence-electron chi connectivity index (χ3n) is 6.27. The van der Waals surface area contributed by atoms with E-state index in [2.05, 4.69) is 70.9 Å². The molecule has 3 heterocycles. The molecule has 0 saturated carbocycles. The Hall–Kier alpha value is -3.64. The molecule has 1 aliphatic heterocycles. The van der Waals surface area contributed by atoms with E-state index in [1.54, 1.807) is 12.1 Å². The van der Waals surface area contributed by atoms with Crippen molar-refractivity contribution in [3.8, 4) is 11.4 Å². The van der Waals surface area contributed by atoms with Crippen LogP contribution < -0.4 is 10.2 Å². The summed E-state index contributed by atoms with van der Waals surface area (Å²) >= 11 is 5.86. The molecule has 166 valence electrons. The normalized spacial score (nSPS) is 17.9. The molecule has 4 aromatic rings. The van der Waals surface area contributed by atoms with Crippen LogP contribution in [0.15, 0.2) is 79.0 Å². The molecule has 0 radical (unpaired) electrons. The number of hydrogen-bond donors (Lipinski definition) is 2. The van der Waals surface area contributed by atoms with E-state index in [9.17, 15) is 5.11 Å². The lowest BCUT2D eigenvalue weighted by molar-refractivity contribution is 0.475. The SMILES string of the molecule is Cc1cccc(N2C(=S)NC(c3ccccn3)C2c2cc(C)n(-c3ccc(O)cc3)c2C)c1. The zero-order chi connectivity index (χ0) is 23.1. The highest BCUT2D eigenvalue weighted by molar-refractivity contribution is 7.80. The van der Waals surface area contributed by atoms with Crippen molar-refractivity contribution in [2.75, 3.05) is 4.90 Å². The van der Waals surface area contributed by atoms with Gasteiger partial charge in [0.25, 0.3) is 0 Å². The van der Waals surface area contributed by atoms with E-state index in [0.717, 1.165) is 28.5 Å². The Kier molecular flexibility index (Phi) is 5.38. The lowest BCUT2D eigenvalue weighted by Crippen LogP contribution is -2.29. The Morgan fingerprint density at radius 2 is 1.70 bits per heavy atom. The monoisotopic (exact) mass is 454 g/mol. The first-order chi connectivity index (χ1) is 15.9. The molecule has 2 aromatic carbocycles. The Balaban J connectivity index is 1.68. The highest BCUT2D eigenvalue weighted by atomic mass is 32.1. The molecule has 1 fully saturated rings. The number of rotatable bonds is 4. The number of phenols is 1. The van der Waals surface area contributed by atoms with Crippen LogP contribution in [0.3, 0.4) is 0 Å². The first kappa shape index (κ1) is 21.2. The number of thiocarbonyl (C=S) groups is 1. The summed E-state index contributed by atoms with van der Waals surface area (Å²) in [4.78, 5) is 6.87. The number of aromatic nitrogens is 2. The lowest BCUT2D eigenvalue weighted by atomic mass is 9.96. The number of hydrogen-bond acceptors (Lipinski definition) is 3. The topological polar surface area (TPSA) is 53.3 Å². The molecule has 0 bridgehead atoms. The van der Waals surface area contributed by atoms with Crippen molar-refractivity contribution in [2.45, 2.75) is 32.9 Å². The van der Waals surface area contributed by atoms with Gasteiger partial charge in [-0.25, -0.2) is 0 Å². The predicted molar refractivity (Wildman–Crippen MR) is 136 cm³/mol. The molecule has 6 heteroatoms. The van der Waals surface area contributed by atoms with Crippen molar-refractivity contribution in [1.82, 2.24) is 14.9 Å². The zero-order valence-corrected chi connectivity index (χ0v) is 19.7. The van der Waals surface area contributed by atoms with Gasteiger partial charge in [-0.2, -0.15) is 0 Å². The van der Waals surface area contributed by atoms with Gasteiger partial charge in [0.15, 0.2) is 5.11 Å². The van der Waals surface area contributed by atoms with Crippen molar-refractivity contribution in [3.63, 3.8) is 0 Å². The molecule has 2 N–H and O–H groups in total. The minimum atomic E-state index is -0.0898. The molecule has 1 aliphatic rings.